The van der Waals surface area contributed by atoms with Crippen LogP contribution in [0.4, 0.5) is 10.5 Å². The Kier molecular flexibility index (Phi) is 5.88. The van der Waals surface area contributed by atoms with Crippen LogP contribution in [0.3, 0.4) is 0 Å². The average Bonchev–Trinajstić information content (AvgIpc) is 3.09. The predicted molar refractivity (Wildman–Crippen MR) is 107 cm³/mol. The van der Waals surface area contributed by atoms with Gasteiger partial charge in [0.25, 0.3) is 0 Å². The van der Waals surface area contributed by atoms with Gasteiger partial charge in [-0.25, -0.2) is 4.79 Å². The molecule has 156 valence electrons. The quantitative estimate of drug-likeness (QED) is 0.789. The van der Waals surface area contributed by atoms with Crippen molar-refractivity contribution in [1.29, 1.82) is 0 Å². The normalized spacial score (nSPS) is 18.6. The number of amides is 2. The average molecular weight is 401 g/mol. The molecule has 0 fully saturated rings. The summed E-state index contributed by atoms with van der Waals surface area (Å²) < 4.78 is 5.22. The molecule has 2 atom stereocenters. The molecule has 29 heavy (non-hydrogen) atoms. The molecule has 3 N–H and O–H groups in total. The number of nitrogens with zero attached hydrogens (tertiary/aromatic N) is 4. The fourth-order valence-electron chi connectivity index (χ4n) is 4.03. The maximum Gasteiger partial charge on any atom is 0.408 e. The number of aromatic nitrogens is 2. The van der Waals surface area contributed by atoms with E-state index in [2.05, 4.69) is 10.1 Å². The Morgan fingerprint density at radius 2 is 2.14 bits per heavy atom. The van der Waals surface area contributed by atoms with Crippen molar-refractivity contribution >= 4 is 17.7 Å². The van der Waals surface area contributed by atoms with Crippen LogP contribution in [0.25, 0.3) is 11.4 Å². The SMILES string of the molecule is CC(=O)N1c2ccc(-c3noc(CCN)n3)cc2[C@H](N(C(=O)O)C(C)C)C[C@@H]1C. The van der Waals surface area contributed by atoms with Gasteiger partial charge in [-0.1, -0.05) is 5.16 Å². The van der Waals surface area contributed by atoms with Crippen LogP contribution >= 0.6 is 0 Å². The molecule has 0 aliphatic carbocycles. The van der Waals surface area contributed by atoms with Gasteiger partial charge in [-0.15, -0.1) is 0 Å². The lowest BCUT2D eigenvalue weighted by Crippen LogP contribution is -2.48. The molecular formula is C20H27N5O4. The molecule has 1 aliphatic heterocycles. The van der Waals surface area contributed by atoms with Crippen LogP contribution in [0.15, 0.2) is 22.7 Å². The van der Waals surface area contributed by atoms with Crippen LogP contribution in [0.2, 0.25) is 0 Å². The first kappa shape index (κ1) is 20.8. The zero-order valence-electron chi connectivity index (χ0n) is 17.1. The molecule has 1 aliphatic rings. The first-order chi connectivity index (χ1) is 13.7. The standard InChI is InChI=1S/C20H27N5O4/c1-11(2)24(20(27)28)17-9-12(3)25(13(4)26)16-6-5-14(10-15(16)17)19-22-18(7-8-21)29-23-19/h5-6,10-12,17H,7-9,21H2,1-4H3,(H,27,28)/t12-,17+/m0/s1. The highest BCUT2D eigenvalue weighted by molar-refractivity contribution is 5.94. The minimum atomic E-state index is -0.991. The third-order valence-corrected chi connectivity index (χ3v) is 5.19. The van der Waals surface area contributed by atoms with E-state index in [0.29, 0.717) is 42.4 Å². The Labute approximate surface area is 169 Å². The second-order valence-electron chi connectivity index (χ2n) is 7.60. The number of carbonyl (C=O) groups excluding carboxylic acids is 1. The highest BCUT2D eigenvalue weighted by Gasteiger charge is 2.38. The lowest BCUT2D eigenvalue weighted by Gasteiger charge is -2.43. The third-order valence-electron chi connectivity index (χ3n) is 5.19. The molecule has 9 nitrogen and oxygen atoms in total. The Morgan fingerprint density at radius 1 is 1.41 bits per heavy atom. The maximum atomic E-state index is 12.3. The molecule has 3 rings (SSSR count). The van der Waals surface area contributed by atoms with Crippen molar-refractivity contribution in [3.05, 3.63) is 29.7 Å². The van der Waals surface area contributed by atoms with Gasteiger partial charge in [0, 0.05) is 43.2 Å². The highest BCUT2D eigenvalue weighted by Crippen LogP contribution is 2.42. The van der Waals surface area contributed by atoms with Crippen LogP contribution in [-0.2, 0) is 11.2 Å². The summed E-state index contributed by atoms with van der Waals surface area (Å²) in [7, 11) is 0. The number of nitrogens with two attached hydrogens (primary N) is 1. The summed E-state index contributed by atoms with van der Waals surface area (Å²) in [6.45, 7) is 7.55. The minimum Gasteiger partial charge on any atom is -0.465 e. The topological polar surface area (TPSA) is 126 Å². The molecule has 2 aromatic rings. The Morgan fingerprint density at radius 3 is 2.72 bits per heavy atom. The van der Waals surface area contributed by atoms with Gasteiger partial charge >= 0.3 is 6.09 Å². The summed E-state index contributed by atoms with van der Waals surface area (Å²) >= 11 is 0. The van der Waals surface area contributed by atoms with Crippen LogP contribution < -0.4 is 10.6 Å². The van der Waals surface area contributed by atoms with E-state index in [9.17, 15) is 14.7 Å². The smallest absolute Gasteiger partial charge is 0.408 e. The molecule has 1 aromatic carbocycles. The number of fused-ring (bicyclic) bond motifs is 1. The van der Waals surface area contributed by atoms with Crippen LogP contribution in [0.1, 0.15) is 51.6 Å². The van der Waals surface area contributed by atoms with Crippen molar-refractivity contribution in [3.8, 4) is 11.4 Å². The number of rotatable bonds is 5. The summed E-state index contributed by atoms with van der Waals surface area (Å²) in [5, 5.41) is 13.8. The van der Waals surface area contributed by atoms with E-state index in [4.69, 9.17) is 10.3 Å². The van der Waals surface area contributed by atoms with Crippen LogP contribution in [0.5, 0.6) is 0 Å². The van der Waals surface area contributed by atoms with E-state index in [1.165, 1.54) is 11.8 Å². The number of carbonyl (C=O) groups is 2. The van der Waals surface area contributed by atoms with E-state index < -0.39 is 6.09 Å². The molecule has 0 radical (unpaired) electrons. The van der Waals surface area contributed by atoms with E-state index >= 15 is 0 Å². The molecule has 1 aromatic heterocycles. The number of carboxylic acid groups (broad SMARTS) is 1. The molecule has 2 heterocycles. The van der Waals surface area contributed by atoms with Crippen molar-refractivity contribution in [2.45, 2.75) is 58.7 Å². The van der Waals surface area contributed by atoms with Gasteiger partial charge in [-0.05, 0) is 51.0 Å². The summed E-state index contributed by atoms with van der Waals surface area (Å²) in [6.07, 6.45) is -0.00348. The van der Waals surface area contributed by atoms with E-state index in [1.807, 2.05) is 39.0 Å². The van der Waals surface area contributed by atoms with Gasteiger partial charge in [0.05, 0.1) is 6.04 Å². The Balaban J connectivity index is 2.12. The molecule has 2 amide bonds. The second-order valence-corrected chi connectivity index (χ2v) is 7.60. The van der Waals surface area contributed by atoms with Gasteiger partial charge in [0.1, 0.15) is 0 Å². The van der Waals surface area contributed by atoms with E-state index in [-0.39, 0.29) is 24.0 Å². The molecule has 9 heteroatoms. The van der Waals surface area contributed by atoms with Gasteiger partial charge < -0.3 is 20.3 Å². The van der Waals surface area contributed by atoms with Crippen molar-refractivity contribution in [1.82, 2.24) is 15.0 Å². The van der Waals surface area contributed by atoms with Crippen molar-refractivity contribution in [2.75, 3.05) is 11.4 Å². The fourth-order valence-corrected chi connectivity index (χ4v) is 4.03. The summed E-state index contributed by atoms with van der Waals surface area (Å²) in [5.41, 5.74) is 7.71. The number of benzene rings is 1. The summed E-state index contributed by atoms with van der Waals surface area (Å²) in [5.74, 6) is 0.778. The molecule has 0 saturated carbocycles. The number of hydrogen-bond acceptors (Lipinski definition) is 6. The van der Waals surface area contributed by atoms with Gasteiger partial charge in [-0.3, -0.25) is 9.69 Å². The van der Waals surface area contributed by atoms with Crippen LogP contribution in [0, 0.1) is 0 Å². The number of hydrogen-bond donors (Lipinski definition) is 2. The molecule has 0 bridgehead atoms. The van der Waals surface area contributed by atoms with Crippen LogP contribution in [-0.4, -0.2) is 50.8 Å². The molecule has 0 saturated heterocycles. The van der Waals surface area contributed by atoms with E-state index in [1.54, 1.807) is 4.90 Å². The largest absolute Gasteiger partial charge is 0.465 e. The Hall–Kier alpha value is -2.94. The first-order valence-corrected chi connectivity index (χ1v) is 9.72. The Bertz CT molecular complexity index is 910. The van der Waals surface area contributed by atoms with Crippen molar-refractivity contribution < 1.29 is 19.2 Å². The van der Waals surface area contributed by atoms with Gasteiger partial charge in [0.15, 0.2) is 0 Å². The highest BCUT2D eigenvalue weighted by atomic mass is 16.5. The first-order valence-electron chi connectivity index (χ1n) is 9.72. The van der Waals surface area contributed by atoms with Gasteiger partial charge in [-0.2, -0.15) is 4.98 Å². The van der Waals surface area contributed by atoms with Crippen molar-refractivity contribution in [3.63, 3.8) is 0 Å². The van der Waals surface area contributed by atoms with Gasteiger partial charge in [0.2, 0.25) is 17.6 Å². The second kappa shape index (κ2) is 8.20. The fraction of sp³-hybridized carbons (Fsp3) is 0.500. The molecular weight excluding hydrogens is 374 g/mol. The lowest BCUT2D eigenvalue weighted by atomic mass is 9.88. The molecule has 0 unspecified atom stereocenters. The zero-order chi connectivity index (χ0) is 21.3. The minimum absolute atomic E-state index is 0.0823. The van der Waals surface area contributed by atoms with Crippen molar-refractivity contribution in [2.24, 2.45) is 5.73 Å². The third kappa shape index (κ3) is 3.95. The maximum absolute atomic E-state index is 12.3. The predicted octanol–water partition coefficient (Wildman–Crippen LogP) is 2.81. The lowest BCUT2D eigenvalue weighted by molar-refractivity contribution is -0.117. The number of anilines is 1. The zero-order valence-corrected chi connectivity index (χ0v) is 17.1. The summed E-state index contributed by atoms with van der Waals surface area (Å²) in [4.78, 5) is 31.8. The van der Waals surface area contributed by atoms with E-state index in [0.717, 1.165) is 5.56 Å². The summed E-state index contributed by atoms with van der Waals surface area (Å²) in [6, 6.07) is 4.78. The molecule has 0 spiro atoms. The monoisotopic (exact) mass is 401 g/mol.